The zero-order valence-corrected chi connectivity index (χ0v) is 19.0. The first-order chi connectivity index (χ1) is 15.0. The molecule has 0 spiro atoms. The molecule has 2 fully saturated rings. The lowest BCUT2D eigenvalue weighted by molar-refractivity contribution is -0.0985. The second kappa shape index (κ2) is 9.64. The van der Waals surface area contributed by atoms with E-state index in [1.54, 1.807) is 36.6 Å². The van der Waals surface area contributed by atoms with Gasteiger partial charge in [-0.3, -0.25) is 0 Å². The van der Waals surface area contributed by atoms with Gasteiger partial charge in [0.15, 0.2) is 6.10 Å². The Morgan fingerprint density at radius 1 is 1.23 bits per heavy atom. The molecule has 2 aliphatic rings. The molecule has 0 unspecified atom stereocenters. The largest absolute Gasteiger partial charge is 0.441 e. The number of thiazole rings is 1. The number of nitrogens with zero attached hydrogens (tertiary/aromatic N) is 1. The number of amides is 1. The van der Waals surface area contributed by atoms with Crippen molar-refractivity contribution < 1.29 is 22.7 Å². The Bertz CT molecular complexity index is 1010. The Balaban J connectivity index is 1.39. The van der Waals surface area contributed by atoms with Crippen LogP contribution in [0.1, 0.15) is 43.5 Å². The van der Waals surface area contributed by atoms with E-state index >= 15 is 0 Å². The zero-order chi connectivity index (χ0) is 21.8. The van der Waals surface area contributed by atoms with Crippen molar-refractivity contribution in [1.29, 1.82) is 0 Å². The van der Waals surface area contributed by atoms with Crippen LogP contribution in [0.15, 0.2) is 35.4 Å². The maximum Gasteiger partial charge on any atom is 0.407 e. The number of benzene rings is 1. The maximum absolute atomic E-state index is 12.6. The number of nitrogens with one attached hydrogen (secondary N) is 2. The predicted octanol–water partition coefficient (Wildman–Crippen LogP) is 3.26. The molecule has 1 saturated heterocycles. The summed E-state index contributed by atoms with van der Waals surface area (Å²) in [5.74, 6) is 0.311. The molecule has 1 amide bonds. The van der Waals surface area contributed by atoms with Gasteiger partial charge in [0.2, 0.25) is 10.0 Å². The molecule has 1 aromatic carbocycles. The lowest BCUT2D eigenvalue weighted by Gasteiger charge is -2.30. The van der Waals surface area contributed by atoms with Crippen LogP contribution < -0.4 is 10.0 Å². The van der Waals surface area contributed by atoms with E-state index in [9.17, 15) is 13.2 Å². The number of rotatable bonds is 7. The van der Waals surface area contributed by atoms with Crippen LogP contribution in [0.4, 0.5) is 4.79 Å². The number of hydrogen-bond acceptors (Lipinski definition) is 7. The standard InChI is InChI=1S/C21H27N3O5S2/c1-2-23-31(26,27)19-6-4-3-5-17(19)18-11-22-20(30-18)14-7-9-15(10-8-14)24-21(25)29-16-12-28-13-16/h3-6,11,14-16,23H,2,7-10,12-13H2,1H3,(H,24,25)/t14-,15-. The van der Waals surface area contributed by atoms with Gasteiger partial charge in [-0.1, -0.05) is 25.1 Å². The van der Waals surface area contributed by atoms with Gasteiger partial charge in [0.05, 0.1) is 28.0 Å². The molecule has 0 radical (unpaired) electrons. The van der Waals surface area contributed by atoms with Crippen LogP contribution >= 0.6 is 11.3 Å². The van der Waals surface area contributed by atoms with Gasteiger partial charge in [-0.05, 0) is 31.7 Å². The third-order valence-corrected chi connectivity index (χ3v) is 8.38. The second-order valence-corrected chi connectivity index (χ2v) is 10.6. The van der Waals surface area contributed by atoms with Crippen LogP contribution in [0.5, 0.6) is 0 Å². The first-order valence-corrected chi connectivity index (χ1v) is 12.9. The first kappa shape index (κ1) is 22.2. The van der Waals surface area contributed by atoms with Gasteiger partial charge in [0.1, 0.15) is 0 Å². The van der Waals surface area contributed by atoms with Gasteiger partial charge in [0, 0.05) is 30.3 Å². The average Bonchev–Trinajstić information content (AvgIpc) is 3.21. The Labute approximate surface area is 186 Å². The van der Waals surface area contributed by atoms with Gasteiger partial charge < -0.3 is 14.8 Å². The summed E-state index contributed by atoms with van der Waals surface area (Å²) in [5.41, 5.74) is 0.672. The van der Waals surface area contributed by atoms with Crippen molar-refractivity contribution >= 4 is 27.5 Å². The summed E-state index contributed by atoms with van der Waals surface area (Å²) in [6.45, 7) is 3.05. The Hall–Kier alpha value is -2.01. The fourth-order valence-electron chi connectivity index (χ4n) is 3.89. The number of sulfonamides is 1. The number of hydrogen-bond donors (Lipinski definition) is 2. The molecular weight excluding hydrogens is 438 g/mol. The summed E-state index contributed by atoms with van der Waals surface area (Å²) in [5, 5.41) is 3.96. The molecule has 2 aromatic rings. The molecule has 168 valence electrons. The van der Waals surface area contributed by atoms with E-state index < -0.39 is 10.0 Å². The minimum atomic E-state index is -3.56. The minimum absolute atomic E-state index is 0.107. The molecular formula is C21H27N3O5S2. The van der Waals surface area contributed by atoms with Gasteiger partial charge >= 0.3 is 6.09 Å². The lowest BCUT2D eigenvalue weighted by atomic mass is 9.86. The lowest BCUT2D eigenvalue weighted by Crippen LogP contribution is -2.44. The number of aromatic nitrogens is 1. The number of ether oxygens (including phenoxy) is 2. The van der Waals surface area contributed by atoms with E-state index in [-0.39, 0.29) is 23.1 Å². The van der Waals surface area contributed by atoms with E-state index in [1.807, 2.05) is 12.1 Å². The Morgan fingerprint density at radius 2 is 1.97 bits per heavy atom. The molecule has 2 heterocycles. The quantitative estimate of drug-likeness (QED) is 0.650. The van der Waals surface area contributed by atoms with Gasteiger partial charge in [-0.25, -0.2) is 22.9 Å². The van der Waals surface area contributed by atoms with Crippen LogP contribution in [0.25, 0.3) is 10.4 Å². The summed E-state index contributed by atoms with van der Waals surface area (Å²) < 4.78 is 38.0. The predicted molar refractivity (Wildman–Crippen MR) is 118 cm³/mol. The maximum atomic E-state index is 12.6. The molecule has 1 saturated carbocycles. The highest BCUT2D eigenvalue weighted by atomic mass is 32.2. The molecule has 0 atom stereocenters. The van der Waals surface area contributed by atoms with Crippen molar-refractivity contribution in [2.75, 3.05) is 19.8 Å². The molecule has 1 aromatic heterocycles. The summed E-state index contributed by atoms with van der Waals surface area (Å²) >= 11 is 1.55. The number of carbonyl (C=O) groups is 1. The molecule has 2 N–H and O–H groups in total. The Morgan fingerprint density at radius 3 is 2.65 bits per heavy atom. The molecule has 31 heavy (non-hydrogen) atoms. The first-order valence-electron chi connectivity index (χ1n) is 10.6. The summed E-state index contributed by atoms with van der Waals surface area (Å²) in [6.07, 6.45) is 4.84. The van der Waals surface area contributed by atoms with Crippen LogP contribution in [-0.4, -0.2) is 51.4 Å². The van der Waals surface area contributed by atoms with E-state index in [4.69, 9.17) is 9.47 Å². The molecule has 10 heteroatoms. The molecule has 0 bridgehead atoms. The summed E-state index contributed by atoms with van der Waals surface area (Å²) in [4.78, 5) is 17.7. The Kier molecular flexibility index (Phi) is 6.90. The van der Waals surface area contributed by atoms with Crippen molar-refractivity contribution in [1.82, 2.24) is 15.0 Å². The van der Waals surface area contributed by atoms with Crippen molar-refractivity contribution in [3.05, 3.63) is 35.5 Å². The van der Waals surface area contributed by atoms with Crippen LogP contribution in [0, 0.1) is 0 Å². The third kappa shape index (κ3) is 5.25. The fourth-order valence-corrected chi connectivity index (χ4v) is 6.34. The summed E-state index contributed by atoms with van der Waals surface area (Å²) in [7, 11) is -3.56. The second-order valence-electron chi connectivity index (χ2n) is 7.82. The van der Waals surface area contributed by atoms with E-state index in [0.29, 0.717) is 31.2 Å². The average molecular weight is 466 g/mol. The monoisotopic (exact) mass is 465 g/mol. The van der Waals surface area contributed by atoms with E-state index in [1.165, 1.54) is 0 Å². The molecule has 8 nitrogen and oxygen atoms in total. The van der Waals surface area contributed by atoms with E-state index in [0.717, 1.165) is 35.6 Å². The fraction of sp³-hybridized carbons (Fsp3) is 0.524. The number of alkyl carbamates (subject to hydrolysis) is 1. The van der Waals surface area contributed by atoms with Gasteiger partial charge in [0.25, 0.3) is 0 Å². The van der Waals surface area contributed by atoms with Crippen molar-refractivity contribution in [2.24, 2.45) is 0 Å². The SMILES string of the molecule is CCNS(=O)(=O)c1ccccc1-c1cnc([C@H]2CC[C@H](NC(=O)OC3COC3)CC2)s1. The third-order valence-electron chi connectivity index (χ3n) is 5.58. The van der Waals surface area contributed by atoms with Gasteiger partial charge in [-0.2, -0.15) is 0 Å². The normalized spacial score (nSPS) is 22.0. The van der Waals surface area contributed by atoms with Crippen LogP contribution in [0.3, 0.4) is 0 Å². The van der Waals surface area contributed by atoms with Gasteiger partial charge in [-0.15, -0.1) is 11.3 Å². The molecule has 1 aliphatic heterocycles. The summed E-state index contributed by atoms with van der Waals surface area (Å²) in [6, 6.07) is 7.12. The van der Waals surface area contributed by atoms with Crippen molar-refractivity contribution in [2.45, 2.75) is 55.6 Å². The van der Waals surface area contributed by atoms with Crippen molar-refractivity contribution in [3.63, 3.8) is 0 Å². The zero-order valence-electron chi connectivity index (χ0n) is 17.4. The smallest absolute Gasteiger partial charge is 0.407 e. The molecule has 1 aliphatic carbocycles. The highest BCUT2D eigenvalue weighted by Crippen LogP contribution is 2.39. The topological polar surface area (TPSA) is 107 Å². The number of carbonyl (C=O) groups excluding carboxylic acids is 1. The van der Waals surface area contributed by atoms with E-state index in [2.05, 4.69) is 15.0 Å². The van der Waals surface area contributed by atoms with Crippen molar-refractivity contribution in [3.8, 4) is 10.4 Å². The molecule has 4 rings (SSSR count). The highest BCUT2D eigenvalue weighted by molar-refractivity contribution is 7.89. The minimum Gasteiger partial charge on any atom is -0.441 e. The van der Waals surface area contributed by atoms with Crippen LogP contribution in [0.2, 0.25) is 0 Å². The highest BCUT2D eigenvalue weighted by Gasteiger charge is 2.28. The van der Waals surface area contributed by atoms with Crippen LogP contribution in [-0.2, 0) is 19.5 Å².